The molecule has 0 radical (unpaired) electrons. The Balaban J connectivity index is 2.20. The number of carboxylic acid groups (broad SMARTS) is 1. The second-order valence-corrected chi connectivity index (χ2v) is 6.95. The number of aliphatic carboxylic acids is 1. The van der Waals surface area contributed by atoms with E-state index in [0.717, 1.165) is 15.1 Å². The van der Waals surface area contributed by atoms with Gasteiger partial charge in [-0.2, -0.15) is 5.10 Å². The van der Waals surface area contributed by atoms with Gasteiger partial charge in [-0.15, -0.1) is 11.8 Å². The highest BCUT2D eigenvalue weighted by atomic mass is 32.2. The maximum absolute atomic E-state index is 12.1. The Labute approximate surface area is 155 Å². The lowest BCUT2D eigenvalue weighted by atomic mass is 10.1. The number of aromatic nitrogens is 2. The zero-order chi connectivity index (χ0) is 19.3. The van der Waals surface area contributed by atoms with Gasteiger partial charge in [0.1, 0.15) is 12.6 Å². The van der Waals surface area contributed by atoms with Gasteiger partial charge in [0.05, 0.1) is 5.69 Å². The maximum atomic E-state index is 12.1. The Morgan fingerprint density at radius 2 is 1.85 bits per heavy atom. The summed E-state index contributed by atoms with van der Waals surface area (Å²) in [5.41, 5.74) is 0.951. The van der Waals surface area contributed by atoms with Crippen molar-refractivity contribution in [3.8, 4) is 11.3 Å². The number of benzene rings is 1. The van der Waals surface area contributed by atoms with Gasteiger partial charge in [0, 0.05) is 16.5 Å². The second-order valence-electron chi connectivity index (χ2n) is 6.07. The number of nitrogens with one attached hydrogen (secondary N) is 1. The maximum Gasteiger partial charge on any atom is 0.326 e. The van der Waals surface area contributed by atoms with Crippen molar-refractivity contribution < 1.29 is 14.7 Å². The van der Waals surface area contributed by atoms with E-state index in [4.69, 9.17) is 5.11 Å². The molecule has 2 N–H and O–H groups in total. The fraction of sp³-hybridized carbons (Fsp3) is 0.333. The van der Waals surface area contributed by atoms with Crippen LogP contribution in [-0.2, 0) is 16.1 Å². The molecule has 0 aliphatic rings. The molecule has 0 saturated heterocycles. The highest BCUT2D eigenvalue weighted by Gasteiger charge is 2.23. The summed E-state index contributed by atoms with van der Waals surface area (Å²) in [6.45, 7) is 3.05. The third kappa shape index (κ3) is 4.95. The van der Waals surface area contributed by atoms with Crippen LogP contribution in [0.3, 0.4) is 0 Å². The van der Waals surface area contributed by atoms with Gasteiger partial charge in [-0.05, 0) is 30.4 Å². The fourth-order valence-corrected chi connectivity index (χ4v) is 2.75. The Hall–Kier alpha value is -2.61. The monoisotopic (exact) mass is 375 g/mol. The summed E-state index contributed by atoms with van der Waals surface area (Å²) in [6.07, 6.45) is 1.98. The summed E-state index contributed by atoms with van der Waals surface area (Å²) >= 11 is 1.62. The number of carbonyl (C=O) groups is 2. The number of hydrogen-bond acceptors (Lipinski definition) is 5. The van der Waals surface area contributed by atoms with Crippen LogP contribution in [-0.4, -0.2) is 39.1 Å². The molecule has 2 rings (SSSR count). The predicted octanol–water partition coefficient (Wildman–Crippen LogP) is 1.86. The van der Waals surface area contributed by atoms with E-state index < -0.39 is 23.5 Å². The van der Waals surface area contributed by atoms with Crippen molar-refractivity contribution in [2.24, 2.45) is 5.92 Å². The Morgan fingerprint density at radius 3 is 2.38 bits per heavy atom. The molecular formula is C18H21N3O4S. The topological polar surface area (TPSA) is 101 Å². The van der Waals surface area contributed by atoms with E-state index in [0.29, 0.717) is 5.69 Å². The third-order valence-corrected chi connectivity index (χ3v) is 4.54. The van der Waals surface area contributed by atoms with Crippen molar-refractivity contribution >= 4 is 23.6 Å². The van der Waals surface area contributed by atoms with Crippen LogP contribution in [0, 0.1) is 5.92 Å². The van der Waals surface area contributed by atoms with Crippen molar-refractivity contribution in [3.63, 3.8) is 0 Å². The molecule has 7 nitrogen and oxygen atoms in total. The first-order chi connectivity index (χ1) is 12.3. The van der Waals surface area contributed by atoms with Crippen molar-refractivity contribution in [2.45, 2.75) is 31.3 Å². The van der Waals surface area contributed by atoms with Crippen molar-refractivity contribution in [1.82, 2.24) is 15.1 Å². The molecule has 1 aromatic carbocycles. The number of nitrogens with zero attached hydrogens (tertiary/aromatic N) is 2. The average molecular weight is 375 g/mol. The van der Waals surface area contributed by atoms with Crippen LogP contribution in [0.5, 0.6) is 0 Å². The molecule has 0 fully saturated rings. The molecule has 138 valence electrons. The van der Waals surface area contributed by atoms with Gasteiger partial charge in [0.2, 0.25) is 5.91 Å². The summed E-state index contributed by atoms with van der Waals surface area (Å²) in [5.74, 6) is -1.96. The summed E-state index contributed by atoms with van der Waals surface area (Å²) in [6, 6.07) is 9.60. The molecule has 0 aliphatic carbocycles. The van der Waals surface area contributed by atoms with E-state index >= 15 is 0 Å². The zero-order valence-electron chi connectivity index (χ0n) is 14.8. The largest absolute Gasteiger partial charge is 0.480 e. The highest BCUT2D eigenvalue weighted by Crippen LogP contribution is 2.20. The molecule has 8 heteroatoms. The van der Waals surface area contributed by atoms with Crippen LogP contribution in [0.15, 0.2) is 46.1 Å². The average Bonchev–Trinajstić information content (AvgIpc) is 2.61. The quantitative estimate of drug-likeness (QED) is 0.716. The lowest BCUT2D eigenvalue weighted by Crippen LogP contribution is -2.46. The minimum Gasteiger partial charge on any atom is -0.480 e. The lowest BCUT2D eigenvalue weighted by molar-refractivity contribution is -0.143. The molecule has 1 amide bonds. The van der Waals surface area contributed by atoms with Gasteiger partial charge >= 0.3 is 5.97 Å². The van der Waals surface area contributed by atoms with E-state index in [-0.39, 0.29) is 12.5 Å². The number of carbonyl (C=O) groups excluding carboxylic acids is 1. The van der Waals surface area contributed by atoms with Crippen LogP contribution < -0.4 is 10.9 Å². The van der Waals surface area contributed by atoms with E-state index in [1.807, 2.05) is 30.5 Å². The van der Waals surface area contributed by atoms with Gasteiger partial charge in [-0.25, -0.2) is 9.48 Å². The number of rotatable bonds is 7. The van der Waals surface area contributed by atoms with Gasteiger partial charge in [0.15, 0.2) is 0 Å². The minimum absolute atomic E-state index is 0.276. The molecule has 1 heterocycles. The molecule has 0 bridgehead atoms. The molecule has 2 aromatic rings. The molecule has 0 spiro atoms. The fourth-order valence-electron chi connectivity index (χ4n) is 2.35. The zero-order valence-corrected chi connectivity index (χ0v) is 15.6. The first kappa shape index (κ1) is 19.7. The normalized spacial score (nSPS) is 12.0. The van der Waals surface area contributed by atoms with Crippen LogP contribution in [0.2, 0.25) is 0 Å². The second kappa shape index (κ2) is 8.66. The highest BCUT2D eigenvalue weighted by molar-refractivity contribution is 7.98. The minimum atomic E-state index is -1.11. The first-order valence-corrected chi connectivity index (χ1v) is 9.29. The van der Waals surface area contributed by atoms with Crippen LogP contribution in [0.25, 0.3) is 11.3 Å². The van der Waals surface area contributed by atoms with Crippen LogP contribution in [0.1, 0.15) is 13.8 Å². The number of thioether (sulfide) groups is 1. The SMILES string of the molecule is CSc1ccc(-c2ccc(=O)n(CC(=O)N[C@H](C(=O)O)C(C)C)n2)cc1. The molecule has 0 saturated carbocycles. The lowest BCUT2D eigenvalue weighted by Gasteiger charge is -2.18. The van der Waals surface area contributed by atoms with Crippen LogP contribution in [0.4, 0.5) is 0 Å². The summed E-state index contributed by atoms with van der Waals surface area (Å²) in [7, 11) is 0. The number of carboxylic acids is 1. The summed E-state index contributed by atoms with van der Waals surface area (Å²) in [5, 5.41) is 15.8. The van der Waals surface area contributed by atoms with Crippen LogP contribution >= 0.6 is 11.8 Å². The Bertz CT molecular complexity index is 846. The van der Waals surface area contributed by atoms with E-state index in [2.05, 4.69) is 10.4 Å². The van der Waals surface area contributed by atoms with Crippen molar-refractivity contribution in [2.75, 3.05) is 6.26 Å². The molecule has 26 heavy (non-hydrogen) atoms. The Kier molecular flexibility index (Phi) is 6.57. The molecule has 1 aromatic heterocycles. The van der Waals surface area contributed by atoms with Gasteiger partial charge in [0.25, 0.3) is 5.56 Å². The summed E-state index contributed by atoms with van der Waals surface area (Å²) in [4.78, 5) is 36.4. The van der Waals surface area contributed by atoms with Crippen molar-refractivity contribution in [3.05, 3.63) is 46.8 Å². The third-order valence-electron chi connectivity index (χ3n) is 3.79. The van der Waals surface area contributed by atoms with Crippen molar-refractivity contribution in [1.29, 1.82) is 0 Å². The predicted molar refractivity (Wildman–Crippen MR) is 100 cm³/mol. The number of amides is 1. The number of hydrogen-bond donors (Lipinski definition) is 2. The van der Waals surface area contributed by atoms with E-state index in [9.17, 15) is 14.4 Å². The molecule has 0 aliphatic heterocycles. The Morgan fingerprint density at radius 1 is 1.19 bits per heavy atom. The van der Waals surface area contributed by atoms with Gasteiger partial charge in [-0.1, -0.05) is 26.0 Å². The van der Waals surface area contributed by atoms with Gasteiger partial charge in [-0.3, -0.25) is 9.59 Å². The molecular weight excluding hydrogens is 354 g/mol. The molecule has 1 atom stereocenters. The van der Waals surface area contributed by atoms with E-state index in [1.54, 1.807) is 31.7 Å². The summed E-state index contributed by atoms with van der Waals surface area (Å²) < 4.78 is 1.03. The smallest absolute Gasteiger partial charge is 0.326 e. The molecule has 0 unspecified atom stereocenters. The first-order valence-electron chi connectivity index (χ1n) is 8.06. The standard InChI is InChI=1S/C18H21N3O4S/c1-11(2)17(18(24)25)19-15(22)10-21-16(23)9-8-14(20-21)12-4-6-13(26-3)7-5-12/h4-9,11,17H,10H2,1-3H3,(H,19,22)(H,24,25)/t17-/m0/s1. The van der Waals surface area contributed by atoms with Gasteiger partial charge < -0.3 is 10.4 Å². The van der Waals surface area contributed by atoms with E-state index in [1.165, 1.54) is 6.07 Å².